The molecule has 2 fully saturated rings. The van der Waals surface area contributed by atoms with Gasteiger partial charge in [-0.05, 0) is 44.8 Å². The zero-order valence-corrected chi connectivity index (χ0v) is 17.1. The smallest absolute Gasteiger partial charge is 0.193 e. The monoisotopic (exact) mass is 372 g/mol. The molecule has 0 amide bonds. The molecule has 0 radical (unpaired) electrons. The summed E-state index contributed by atoms with van der Waals surface area (Å²) in [5.41, 5.74) is 1.25. The molecule has 0 saturated carbocycles. The number of hydrogen-bond acceptors (Lipinski definition) is 3. The molecule has 5 heteroatoms. The Hall–Kier alpha value is -1.59. The maximum atomic E-state index is 5.97. The van der Waals surface area contributed by atoms with Gasteiger partial charge in [0.1, 0.15) is 0 Å². The molecule has 1 aromatic rings. The highest BCUT2D eigenvalue weighted by atomic mass is 16.5. The van der Waals surface area contributed by atoms with Crippen LogP contribution in [0.5, 0.6) is 0 Å². The van der Waals surface area contributed by atoms with Crippen molar-refractivity contribution in [2.75, 3.05) is 45.9 Å². The largest absolute Gasteiger partial charge is 0.376 e. The number of nitrogens with one attached hydrogen (secondary N) is 1. The van der Waals surface area contributed by atoms with Gasteiger partial charge < -0.3 is 15.0 Å². The lowest BCUT2D eigenvalue weighted by Gasteiger charge is -2.24. The zero-order valence-electron chi connectivity index (χ0n) is 17.1. The Bertz CT molecular complexity index is 577. The van der Waals surface area contributed by atoms with Crippen LogP contribution in [0.2, 0.25) is 0 Å². The summed E-state index contributed by atoms with van der Waals surface area (Å²) in [6, 6.07) is 11.1. The van der Waals surface area contributed by atoms with Crippen LogP contribution in [0.25, 0.3) is 0 Å². The predicted molar refractivity (Wildman–Crippen MR) is 112 cm³/mol. The molecule has 5 nitrogen and oxygen atoms in total. The first-order valence-corrected chi connectivity index (χ1v) is 10.7. The molecule has 2 aliphatic heterocycles. The molecule has 27 heavy (non-hydrogen) atoms. The second kappa shape index (κ2) is 10.7. The molecule has 2 unspecified atom stereocenters. The molecule has 2 heterocycles. The minimum absolute atomic E-state index is 0.594. The number of nitrogens with zero attached hydrogens (tertiary/aromatic N) is 3. The van der Waals surface area contributed by atoms with Gasteiger partial charge in [0, 0.05) is 31.6 Å². The summed E-state index contributed by atoms with van der Waals surface area (Å²) in [5.74, 6) is 1.68. The Balaban J connectivity index is 1.46. The maximum absolute atomic E-state index is 5.97. The highest BCUT2D eigenvalue weighted by molar-refractivity contribution is 5.80. The number of benzene rings is 1. The van der Waals surface area contributed by atoms with Crippen molar-refractivity contribution in [1.29, 1.82) is 0 Å². The first-order valence-electron chi connectivity index (χ1n) is 10.7. The van der Waals surface area contributed by atoms with Gasteiger partial charge in [-0.1, -0.05) is 37.3 Å². The van der Waals surface area contributed by atoms with E-state index >= 15 is 0 Å². The van der Waals surface area contributed by atoms with Crippen molar-refractivity contribution in [3.63, 3.8) is 0 Å². The normalized spacial score (nSPS) is 23.9. The van der Waals surface area contributed by atoms with Crippen molar-refractivity contribution >= 4 is 5.96 Å². The van der Waals surface area contributed by atoms with E-state index in [0.717, 1.165) is 45.3 Å². The fraction of sp³-hybridized carbons (Fsp3) is 0.682. The fourth-order valence-corrected chi connectivity index (χ4v) is 4.21. The van der Waals surface area contributed by atoms with Crippen molar-refractivity contribution in [2.24, 2.45) is 10.9 Å². The van der Waals surface area contributed by atoms with E-state index in [4.69, 9.17) is 9.73 Å². The Morgan fingerprint density at radius 1 is 1.19 bits per heavy atom. The highest BCUT2D eigenvalue weighted by Gasteiger charge is 2.26. The SMILES string of the molecule is CCNC(=NCC1CCCN1CC)N1CCC(COCc2ccccc2)C1. The molecule has 2 aliphatic rings. The van der Waals surface area contributed by atoms with Crippen LogP contribution in [0.1, 0.15) is 38.7 Å². The highest BCUT2D eigenvalue weighted by Crippen LogP contribution is 2.19. The predicted octanol–water partition coefficient (Wildman–Crippen LogP) is 2.97. The first kappa shape index (κ1) is 20.2. The molecule has 3 rings (SSSR count). The van der Waals surface area contributed by atoms with Crippen molar-refractivity contribution in [2.45, 2.75) is 45.8 Å². The van der Waals surface area contributed by atoms with E-state index in [1.807, 2.05) is 6.07 Å². The Labute approximate surface area is 164 Å². The number of likely N-dealkylation sites (N-methyl/N-ethyl adjacent to an activating group) is 1. The van der Waals surface area contributed by atoms with Crippen LogP contribution < -0.4 is 5.32 Å². The zero-order chi connectivity index (χ0) is 18.9. The Kier molecular flexibility index (Phi) is 7.96. The van der Waals surface area contributed by atoms with E-state index in [1.165, 1.54) is 31.4 Å². The van der Waals surface area contributed by atoms with Gasteiger partial charge in [-0.15, -0.1) is 0 Å². The van der Waals surface area contributed by atoms with Crippen LogP contribution in [0, 0.1) is 5.92 Å². The van der Waals surface area contributed by atoms with Crippen LogP contribution in [0.3, 0.4) is 0 Å². The van der Waals surface area contributed by atoms with Gasteiger partial charge in [-0.2, -0.15) is 0 Å². The quantitative estimate of drug-likeness (QED) is 0.563. The summed E-state index contributed by atoms with van der Waals surface area (Å²) >= 11 is 0. The molecule has 2 saturated heterocycles. The second-order valence-corrected chi connectivity index (χ2v) is 7.72. The molecular formula is C22H36N4O. The number of hydrogen-bond donors (Lipinski definition) is 1. The molecule has 0 bridgehead atoms. The van der Waals surface area contributed by atoms with Gasteiger partial charge in [0.05, 0.1) is 19.8 Å². The standard InChI is InChI=1S/C22H36N4O/c1-3-23-22(24-15-21-11-8-13-25(21)4-2)26-14-12-20(16-26)18-27-17-19-9-6-5-7-10-19/h5-7,9-10,20-21H,3-4,8,11-18H2,1-2H3,(H,23,24). The third-order valence-electron chi connectivity index (χ3n) is 5.74. The van der Waals surface area contributed by atoms with Crippen LogP contribution in [0.15, 0.2) is 35.3 Å². The van der Waals surface area contributed by atoms with Gasteiger partial charge in [-0.3, -0.25) is 9.89 Å². The number of ether oxygens (including phenoxy) is 1. The lowest BCUT2D eigenvalue weighted by atomic mass is 10.1. The summed E-state index contributed by atoms with van der Waals surface area (Å²) < 4.78 is 5.97. The van der Waals surface area contributed by atoms with Crippen LogP contribution >= 0.6 is 0 Å². The van der Waals surface area contributed by atoms with Crippen LogP contribution in [-0.2, 0) is 11.3 Å². The summed E-state index contributed by atoms with van der Waals surface area (Å²) in [6.07, 6.45) is 3.78. The number of likely N-dealkylation sites (tertiary alicyclic amines) is 2. The first-order chi connectivity index (χ1) is 13.3. The van der Waals surface area contributed by atoms with E-state index in [1.54, 1.807) is 0 Å². The molecule has 1 N–H and O–H groups in total. The lowest BCUT2D eigenvalue weighted by Crippen LogP contribution is -2.41. The molecule has 0 spiro atoms. The second-order valence-electron chi connectivity index (χ2n) is 7.72. The number of rotatable bonds is 8. The van der Waals surface area contributed by atoms with Gasteiger partial charge >= 0.3 is 0 Å². The topological polar surface area (TPSA) is 40.1 Å². The van der Waals surface area contributed by atoms with E-state index in [2.05, 4.69) is 53.2 Å². The average molecular weight is 373 g/mol. The number of guanidine groups is 1. The maximum Gasteiger partial charge on any atom is 0.193 e. The minimum atomic E-state index is 0.594. The van der Waals surface area contributed by atoms with Crippen molar-refractivity contribution in [3.8, 4) is 0 Å². The van der Waals surface area contributed by atoms with E-state index in [9.17, 15) is 0 Å². The third-order valence-corrected chi connectivity index (χ3v) is 5.74. The van der Waals surface area contributed by atoms with Gasteiger partial charge in [0.25, 0.3) is 0 Å². The Morgan fingerprint density at radius 2 is 2.04 bits per heavy atom. The summed E-state index contributed by atoms with van der Waals surface area (Å²) in [7, 11) is 0. The molecule has 0 aliphatic carbocycles. The minimum Gasteiger partial charge on any atom is -0.376 e. The molecule has 0 aromatic heterocycles. The summed E-state index contributed by atoms with van der Waals surface area (Å²) in [4.78, 5) is 9.98. The molecule has 2 atom stereocenters. The van der Waals surface area contributed by atoms with Crippen molar-refractivity contribution < 1.29 is 4.74 Å². The number of aliphatic imine (C=N–C) groups is 1. The van der Waals surface area contributed by atoms with Crippen LogP contribution in [-0.4, -0.2) is 67.7 Å². The van der Waals surface area contributed by atoms with E-state index in [0.29, 0.717) is 18.6 Å². The Morgan fingerprint density at radius 3 is 2.81 bits per heavy atom. The van der Waals surface area contributed by atoms with Crippen molar-refractivity contribution in [3.05, 3.63) is 35.9 Å². The van der Waals surface area contributed by atoms with Gasteiger partial charge in [0.2, 0.25) is 0 Å². The molecule has 150 valence electrons. The summed E-state index contributed by atoms with van der Waals surface area (Å²) in [5, 5.41) is 3.50. The molecular weight excluding hydrogens is 336 g/mol. The third kappa shape index (κ3) is 5.94. The van der Waals surface area contributed by atoms with Gasteiger partial charge in [-0.25, -0.2) is 0 Å². The lowest BCUT2D eigenvalue weighted by molar-refractivity contribution is 0.0906. The van der Waals surface area contributed by atoms with Gasteiger partial charge in [0.15, 0.2) is 5.96 Å². The summed E-state index contributed by atoms with van der Waals surface area (Å²) in [6.45, 7) is 12.3. The van der Waals surface area contributed by atoms with E-state index < -0.39 is 0 Å². The average Bonchev–Trinajstić information content (AvgIpc) is 3.35. The van der Waals surface area contributed by atoms with Crippen molar-refractivity contribution in [1.82, 2.24) is 15.1 Å². The van der Waals surface area contributed by atoms with Crippen LogP contribution in [0.4, 0.5) is 0 Å². The van der Waals surface area contributed by atoms with E-state index in [-0.39, 0.29) is 0 Å². The molecule has 1 aromatic carbocycles. The fourth-order valence-electron chi connectivity index (χ4n) is 4.21.